The van der Waals surface area contributed by atoms with Crippen molar-refractivity contribution in [3.63, 3.8) is 0 Å². The van der Waals surface area contributed by atoms with E-state index in [1.54, 1.807) is 6.92 Å². The topological polar surface area (TPSA) is 121 Å². The summed E-state index contributed by atoms with van der Waals surface area (Å²) in [6.07, 6.45) is -0.0728. The Kier molecular flexibility index (Phi) is 6.45. The van der Waals surface area contributed by atoms with Crippen molar-refractivity contribution in [3.8, 4) is 5.75 Å². The molecule has 1 aliphatic rings. The van der Waals surface area contributed by atoms with E-state index < -0.39 is 29.7 Å². The second-order valence-electron chi connectivity index (χ2n) is 6.64. The summed E-state index contributed by atoms with van der Waals surface area (Å²) in [5.41, 5.74) is 6.61. The molecule has 3 rings (SSSR count). The number of ether oxygens (including phenoxy) is 1. The molecule has 28 heavy (non-hydrogen) atoms. The third kappa shape index (κ3) is 4.24. The molecule has 0 spiro atoms. The molecule has 1 aromatic heterocycles. The van der Waals surface area contributed by atoms with Crippen molar-refractivity contribution in [2.24, 2.45) is 5.92 Å². The molecule has 0 saturated carbocycles. The average Bonchev–Trinajstić information content (AvgIpc) is 3.19. The maximum absolute atomic E-state index is 12.3. The number of nitrogens with one attached hydrogen (secondary N) is 2. The van der Waals surface area contributed by atoms with Gasteiger partial charge in [0.2, 0.25) is 11.2 Å². The Morgan fingerprint density at radius 2 is 2.11 bits per heavy atom. The normalized spacial score (nSPS) is 20.1. The molecule has 1 aliphatic heterocycles. The molecule has 150 valence electrons. The Morgan fingerprint density at radius 3 is 2.79 bits per heavy atom. The Labute approximate surface area is 162 Å². The molecule has 0 aliphatic carbocycles. The fourth-order valence-corrected chi connectivity index (χ4v) is 3.60. The van der Waals surface area contributed by atoms with Gasteiger partial charge in [0.15, 0.2) is 5.76 Å². The summed E-state index contributed by atoms with van der Waals surface area (Å²) in [4.78, 5) is 24.4. The van der Waals surface area contributed by atoms with Gasteiger partial charge in [-0.2, -0.15) is 0 Å². The lowest BCUT2D eigenvalue weighted by atomic mass is 9.80. The Morgan fingerprint density at radius 1 is 1.36 bits per heavy atom. The second-order valence-corrected chi connectivity index (χ2v) is 6.64. The van der Waals surface area contributed by atoms with Gasteiger partial charge >= 0.3 is 5.97 Å². The monoisotopic (exact) mass is 388 g/mol. The van der Waals surface area contributed by atoms with Gasteiger partial charge in [-0.05, 0) is 12.5 Å². The summed E-state index contributed by atoms with van der Waals surface area (Å²) >= 11 is 0. The number of carbonyl (C=O) groups excluding carboxylic acids is 1. The molecular formula is C20H24N2O6. The SMILES string of the molecule is CCOC(=O)CC(c1oc(CO)cc(=O)c1O)C1CNNC1c1ccccc1. The number of aliphatic hydroxyl groups excluding tert-OH is 1. The van der Waals surface area contributed by atoms with Crippen LogP contribution in [0.2, 0.25) is 0 Å². The van der Waals surface area contributed by atoms with E-state index in [1.807, 2.05) is 30.3 Å². The summed E-state index contributed by atoms with van der Waals surface area (Å²) in [6.45, 7) is 1.93. The fourth-order valence-electron chi connectivity index (χ4n) is 3.60. The predicted octanol–water partition coefficient (Wildman–Crippen LogP) is 1.34. The highest BCUT2D eigenvalue weighted by atomic mass is 16.5. The molecule has 1 saturated heterocycles. The van der Waals surface area contributed by atoms with E-state index in [-0.39, 0.29) is 36.5 Å². The number of benzene rings is 1. The van der Waals surface area contributed by atoms with Gasteiger partial charge in [-0.15, -0.1) is 0 Å². The fraction of sp³-hybridized carbons (Fsp3) is 0.400. The molecule has 8 nitrogen and oxygen atoms in total. The van der Waals surface area contributed by atoms with Crippen LogP contribution >= 0.6 is 0 Å². The number of rotatable bonds is 7. The number of hydrogen-bond donors (Lipinski definition) is 4. The quantitative estimate of drug-likeness (QED) is 0.525. The molecule has 3 unspecified atom stereocenters. The second kappa shape index (κ2) is 9.01. The molecule has 0 amide bonds. The van der Waals surface area contributed by atoms with Gasteiger partial charge in [0.25, 0.3) is 0 Å². The van der Waals surface area contributed by atoms with E-state index in [9.17, 15) is 19.8 Å². The van der Waals surface area contributed by atoms with E-state index in [2.05, 4.69) is 10.9 Å². The van der Waals surface area contributed by atoms with Gasteiger partial charge in [0.05, 0.1) is 19.1 Å². The zero-order valence-corrected chi connectivity index (χ0v) is 15.6. The van der Waals surface area contributed by atoms with Crippen LogP contribution < -0.4 is 16.3 Å². The van der Waals surface area contributed by atoms with E-state index >= 15 is 0 Å². The van der Waals surface area contributed by atoms with Crippen LogP contribution in [-0.2, 0) is 16.1 Å². The molecule has 8 heteroatoms. The van der Waals surface area contributed by atoms with Crippen molar-refractivity contribution in [1.82, 2.24) is 10.9 Å². The van der Waals surface area contributed by atoms with Crippen molar-refractivity contribution in [2.45, 2.75) is 31.9 Å². The summed E-state index contributed by atoms with van der Waals surface area (Å²) in [7, 11) is 0. The molecule has 4 N–H and O–H groups in total. The first-order chi connectivity index (χ1) is 13.5. The van der Waals surface area contributed by atoms with Gasteiger partial charge in [0, 0.05) is 24.4 Å². The van der Waals surface area contributed by atoms with E-state index in [4.69, 9.17) is 9.15 Å². The summed E-state index contributed by atoms with van der Waals surface area (Å²) in [5.74, 6) is -1.84. The summed E-state index contributed by atoms with van der Waals surface area (Å²) in [5, 5.41) is 19.8. The minimum atomic E-state index is -0.658. The standard InChI is InChI=1S/C20H24N2O6/c1-2-27-17(25)9-14(20-19(26)16(24)8-13(11-23)28-20)15-10-21-22-18(15)12-6-4-3-5-7-12/h3-8,14-15,18,21-23,26H,2,9-11H2,1H3. The third-order valence-corrected chi connectivity index (χ3v) is 4.88. The number of esters is 1. The molecule has 0 bridgehead atoms. The average molecular weight is 388 g/mol. The van der Waals surface area contributed by atoms with Gasteiger partial charge in [-0.1, -0.05) is 30.3 Å². The van der Waals surface area contributed by atoms with Crippen LogP contribution in [-0.4, -0.2) is 29.3 Å². The lowest BCUT2D eigenvalue weighted by Gasteiger charge is -2.27. The lowest BCUT2D eigenvalue weighted by Crippen LogP contribution is -2.27. The van der Waals surface area contributed by atoms with Crippen LogP contribution in [0.1, 0.15) is 42.4 Å². The summed E-state index contributed by atoms with van der Waals surface area (Å²) in [6, 6.07) is 10.5. The first-order valence-electron chi connectivity index (χ1n) is 9.20. The molecule has 2 aromatic rings. The Balaban J connectivity index is 2.03. The van der Waals surface area contributed by atoms with Crippen LogP contribution in [0.4, 0.5) is 0 Å². The minimum absolute atomic E-state index is 0.0129. The number of carbonyl (C=O) groups is 1. The van der Waals surface area contributed by atoms with E-state index in [1.165, 1.54) is 0 Å². The Bertz CT molecular complexity index is 867. The zero-order valence-electron chi connectivity index (χ0n) is 15.6. The Hall–Kier alpha value is -2.68. The number of aromatic hydroxyl groups is 1. The first kappa shape index (κ1) is 20.1. The lowest BCUT2D eigenvalue weighted by molar-refractivity contribution is -0.144. The van der Waals surface area contributed by atoms with Crippen LogP contribution in [0.5, 0.6) is 5.75 Å². The highest BCUT2D eigenvalue weighted by Crippen LogP contribution is 2.41. The van der Waals surface area contributed by atoms with Gasteiger partial charge in [0.1, 0.15) is 12.4 Å². The number of hydrazine groups is 1. The predicted molar refractivity (Wildman–Crippen MR) is 100 cm³/mol. The molecule has 0 radical (unpaired) electrons. The molecular weight excluding hydrogens is 364 g/mol. The third-order valence-electron chi connectivity index (χ3n) is 4.88. The van der Waals surface area contributed by atoms with Crippen LogP contribution in [0.3, 0.4) is 0 Å². The van der Waals surface area contributed by atoms with Crippen molar-refractivity contribution >= 4 is 5.97 Å². The smallest absolute Gasteiger partial charge is 0.306 e. The maximum Gasteiger partial charge on any atom is 0.306 e. The van der Waals surface area contributed by atoms with Crippen LogP contribution in [0.25, 0.3) is 0 Å². The molecule has 3 atom stereocenters. The highest BCUT2D eigenvalue weighted by molar-refractivity contribution is 5.70. The molecule has 1 fully saturated rings. The highest BCUT2D eigenvalue weighted by Gasteiger charge is 2.40. The molecule has 2 heterocycles. The van der Waals surface area contributed by atoms with Crippen molar-refractivity contribution in [3.05, 3.63) is 63.7 Å². The maximum atomic E-state index is 12.3. The van der Waals surface area contributed by atoms with Crippen LogP contribution in [0, 0.1) is 5.92 Å². The largest absolute Gasteiger partial charge is 0.502 e. The van der Waals surface area contributed by atoms with Crippen molar-refractivity contribution in [1.29, 1.82) is 0 Å². The number of hydrogen-bond acceptors (Lipinski definition) is 8. The van der Waals surface area contributed by atoms with Gasteiger partial charge < -0.3 is 19.4 Å². The zero-order chi connectivity index (χ0) is 20.1. The first-order valence-corrected chi connectivity index (χ1v) is 9.20. The van der Waals surface area contributed by atoms with Crippen molar-refractivity contribution in [2.75, 3.05) is 13.2 Å². The van der Waals surface area contributed by atoms with Gasteiger partial charge in [-0.25, -0.2) is 5.43 Å². The van der Waals surface area contributed by atoms with Gasteiger partial charge in [-0.3, -0.25) is 15.0 Å². The summed E-state index contributed by atoms with van der Waals surface area (Å²) < 4.78 is 10.7. The van der Waals surface area contributed by atoms with Crippen molar-refractivity contribution < 1.29 is 24.2 Å². The molecule has 1 aromatic carbocycles. The minimum Gasteiger partial charge on any atom is -0.502 e. The van der Waals surface area contributed by atoms with E-state index in [0.717, 1.165) is 11.6 Å². The van der Waals surface area contributed by atoms with Crippen LogP contribution in [0.15, 0.2) is 45.6 Å². The van der Waals surface area contributed by atoms with E-state index in [0.29, 0.717) is 6.54 Å². The number of aliphatic hydroxyl groups is 1.